The molecule has 0 amide bonds. The third-order valence-corrected chi connectivity index (χ3v) is 3.63. The monoisotopic (exact) mass is 332 g/mol. The summed E-state index contributed by atoms with van der Waals surface area (Å²) in [5.41, 5.74) is -0.0173. The number of carbonyl (C=O) groups is 1. The molecule has 1 atom stereocenters. The van der Waals surface area contributed by atoms with Gasteiger partial charge in [0.05, 0.1) is 18.8 Å². The van der Waals surface area contributed by atoms with E-state index in [1.807, 2.05) is 0 Å². The zero-order valence-electron chi connectivity index (χ0n) is 10.5. The predicted octanol–water partition coefficient (Wildman–Crippen LogP) is 0.200. The number of carboxylic acids is 1. The molecule has 0 saturated carbocycles. The number of halogens is 1. The first-order valence-electron chi connectivity index (χ1n) is 6.14. The quantitative estimate of drug-likeness (QED) is 0.766. The van der Waals surface area contributed by atoms with Crippen LogP contribution in [0.4, 0.5) is 0 Å². The molecule has 2 N–H and O–H groups in total. The molecule has 0 aromatic carbocycles. The number of aliphatic hydroxyl groups excluding tert-OH is 1. The Hall–Kier alpha value is -0.890. The number of rotatable bonds is 4. The van der Waals surface area contributed by atoms with Crippen molar-refractivity contribution in [3.63, 3.8) is 0 Å². The van der Waals surface area contributed by atoms with Crippen LogP contribution in [0, 0.1) is 0 Å². The Kier molecular flexibility index (Phi) is 4.98. The molecule has 1 unspecified atom stereocenters. The van der Waals surface area contributed by atoms with Crippen molar-refractivity contribution in [3.05, 3.63) is 22.3 Å². The van der Waals surface area contributed by atoms with Crippen molar-refractivity contribution >= 4 is 21.9 Å². The summed E-state index contributed by atoms with van der Waals surface area (Å²) < 4.78 is 5.92. The number of hydrogen-bond acceptors (Lipinski definition) is 5. The maximum absolute atomic E-state index is 11.0. The number of ether oxygens (including phenoxy) is 1. The number of aliphatic hydroxyl groups is 1. The zero-order chi connectivity index (χ0) is 13.8. The highest BCUT2D eigenvalue weighted by Crippen LogP contribution is 2.22. The van der Waals surface area contributed by atoms with Crippen molar-refractivity contribution in [2.24, 2.45) is 0 Å². The lowest BCUT2D eigenvalue weighted by atomic mass is 10.1. The Bertz CT molecular complexity index is 405. The molecule has 7 heteroatoms. The van der Waals surface area contributed by atoms with Gasteiger partial charge in [0, 0.05) is 36.9 Å². The van der Waals surface area contributed by atoms with Crippen LogP contribution in [0.15, 0.2) is 22.3 Å². The van der Waals surface area contributed by atoms with E-state index in [0.717, 1.165) is 32.8 Å². The third-order valence-electron chi connectivity index (χ3n) is 3.20. The molecule has 0 bridgehead atoms. The van der Waals surface area contributed by atoms with Gasteiger partial charge in [0.15, 0.2) is 6.23 Å². The lowest BCUT2D eigenvalue weighted by Gasteiger charge is -2.33. The molecule has 2 aliphatic rings. The first kappa shape index (κ1) is 14.5. The molecule has 0 aliphatic carbocycles. The second kappa shape index (κ2) is 6.51. The Morgan fingerprint density at radius 1 is 1.42 bits per heavy atom. The van der Waals surface area contributed by atoms with E-state index in [2.05, 4.69) is 20.8 Å². The first-order chi connectivity index (χ1) is 9.08. The maximum Gasteiger partial charge on any atom is 0.336 e. The molecule has 0 radical (unpaired) electrons. The van der Waals surface area contributed by atoms with Crippen molar-refractivity contribution in [1.29, 1.82) is 0 Å². The van der Waals surface area contributed by atoms with E-state index < -0.39 is 12.2 Å². The van der Waals surface area contributed by atoms with E-state index in [4.69, 9.17) is 9.84 Å². The summed E-state index contributed by atoms with van der Waals surface area (Å²) in [4.78, 5) is 14.9. The summed E-state index contributed by atoms with van der Waals surface area (Å²) in [7, 11) is 0. The minimum absolute atomic E-state index is 0.0173. The Labute approximate surface area is 120 Å². The molecule has 0 spiro atoms. The van der Waals surface area contributed by atoms with Gasteiger partial charge in [-0.2, -0.15) is 0 Å². The Morgan fingerprint density at radius 2 is 2.11 bits per heavy atom. The topological polar surface area (TPSA) is 73.2 Å². The number of morpholine rings is 1. The van der Waals surface area contributed by atoms with Crippen molar-refractivity contribution in [1.82, 2.24) is 9.80 Å². The van der Waals surface area contributed by atoms with Gasteiger partial charge < -0.3 is 19.8 Å². The molecule has 106 valence electrons. The summed E-state index contributed by atoms with van der Waals surface area (Å²) in [5, 5.41) is 19.0. The minimum atomic E-state index is -1.10. The second-order valence-corrected chi connectivity index (χ2v) is 5.40. The molecule has 1 fully saturated rings. The fourth-order valence-electron chi connectivity index (χ4n) is 2.11. The fraction of sp³-hybridized carbons (Fsp3) is 0.583. The van der Waals surface area contributed by atoms with Gasteiger partial charge in [-0.05, 0) is 22.0 Å². The van der Waals surface area contributed by atoms with Crippen LogP contribution in [0.5, 0.6) is 0 Å². The highest BCUT2D eigenvalue weighted by molar-refractivity contribution is 9.11. The number of aliphatic carboxylic acids is 1. The lowest BCUT2D eigenvalue weighted by molar-refractivity contribution is -0.135. The van der Waals surface area contributed by atoms with E-state index in [0.29, 0.717) is 11.0 Å². The molecule has 2 aliphatic heterocycles. The molecule has 19 heavy (non-hydrogen) atoms. The van der Waals surface area contributed by atoms with Crippen molar-refractivity contribution < 1.29 is 19.7 Å². The standard InChI is InChI=1S/C12H17BrN2O4/c13-9-7-10(12(17)18)11(16)15(8-9)2-1-14-3-5-19-6-4-14/h7-8,11,16H,1-6H2,(H,17,18). The average Bonchev–Trinajstić information content (AvgIpc) is 2.40. The van der Waals surface area contributed by atoms with Crippen LogP contribution in [-0.4, -0.2) is 71.6 Å². The summed E-state index contributed by atoms with van der Waals surface area (Å²) in [6.45, 7) is 4.53. The van der Waals surface area contributed by atoms with Crippen LogP contribution >= 0.6 is 15.9 Å². The Balaban J connectivity index is 1.93. The van der Waals surface area contributed by atoms with Gasteiger partial charge in [0.2, 0.25) is 0 Å². The van der Waals surface area contributed by atoms with E-state index >= 15 is 0 Å². The van der Waals surface area contributed by atoms with Crippen LogP contribution in [0.25, 0.3) is 0 Å². The van der Waals surface area contributed by atoms with Gasteiger partial charge >= 0.3 is 5.97 Å². The molecule has 2 rings (SSSR count). The zero-order valence-corrected chi connectivity index (χ0v) is 12.0. The van der Waals surface area contributed by atoms with Crippen LogP contribution in [0.2, 0.25) is 0 Å². The van der Waals surface area contributed by atoms with Gasteiger partial charge in [-0.1, -0.05) is 0 Å². The van der Waals surface area contributed by atoms with Gasteiger partial charge in [0.1, 0.15) is 0 Å². The molecule has 6 nitrogen and oxygen atoms in total. The summed E-state index contributed by atoms with van der Waals surface area (Å²) in [6, 6.07) is 0. The highest BCUT2D eigenvalue weighted by Gasteiger charge is 2.27. The predicted molar refractivity (Wildman–Crippen MR) is 72.7 cm³/mol. The summed E-state index contributed by atoms with van der Waals surface area (Å²) in [6.07, 6.45) is 2.05. The normalized spacial score (nSPS) is 24.9. The molecular weight excluding hydrogens is 316 g/mol. The SMILES string of the molecule is O=C(O)C1=CC(Br)=CN(CCN2CCOCC2)C1O. The van der Waals surface area contributed by atoms with Gasteiger partial charge in [0.25, 0.3) is 0 Å². The van der Waals surface area contributed by atoms with Crippen LogP contribution < -0.4 is 0 Å². The lowest BCUT2D eigenvalue weighted by Crippen LogP contribution is -2.44. The van der Waals surface area contributed by atoms with Crippen molar-refractivity contribution in [3.8, 4) is 0 Å². The molecule has 0 aromatic heterocycles. The summed E-state index contributed by atoms with van der Waals surface area (Å²) in [5.74, 6) is -1.10. The van der Waals surface area contributed by atoms with Crippen molar-refractivity contribution in [2.45, 2.75) is 6.23 Å². The smallest absolute Gasteiger partial charge is 0.336 e. The highest BCUT2D eigenvalue weighted by atomic mass is 79.9. The van der Waals surface area contributed by atoms with Crippen LogP contribution in [0.1, 0.15) is 0 Å². The van der Waals surface area contributed by atoms with Crippen LogP contribution in [-0.2, 0) is 9.53 Å². The van der Waals surface area contributed by atoms with E-state index in [1.165, 1.54) is 6.08 Å². The number of hydrogen-bond donors (Lipinski definition) is 2. The molecular formula is C12H17BrN2O4. The number of allylic oxidation sites excluding steroid dienone is 2. The third kappa shape index (κ3) is 3.79. The maximum atomic E-state index is 11.0. The summed E-state index contributed by atoms with van der Waals surface area (Å²) >= 11 is 3.27. The molecule has 0 aromatic rings. The molecule has 1 saturated heterocycles. The first-order valence-corrected chi connectivity index (χ1v) is 6.93. The van der Waals surface area contributed by atoms with Crippen molar-refractivity contribution in [2.75, 3.05) is 39.4 Å². The van der Waals surface area contributed by atoms with Gasteiger partial charge in [-0.25, -0.2) is 4.79 Å². The number of nitrogens with zero attached hydrogens (tertiary/aromatic N) is 2. The van der Waals surface area contributed by atoms with Crippen LogP contribution in [0.3, 0.4) is 0 Å². The Morgan fingerprint density at radius 3 is 2.74 bits per heavy atom. The van der Waals surface area contributed by atoms with E-state index in [-0.39, 0.29) is 5.57 Å². The largest absolute Gasteiger partial charge is 0.478 e. The van der Waals surface area contributed by atoms with Gasteiger partial charge in [-0.15, -0.1) is 0 Å². The average molecular weight is 333 g/mol. The molecule has 2 heterocycles. The second-order valence-electron chi connectivity index (χ2n) is 4.48. The van der Waals surface area contributed by atoms with Gasteiger partial charge in [-0.3, -0.25) is 4.90 Å². The minimum Gasteiger partial charge on any atom is -0.478 e. The van der Waals surface area contributed by atoms with E-state index in [1.54, 1.807) is 11.1 Å². The number of carboxylic acid groups (broad SMARTS) is 1. The fourth-order valence-corrected chi connectivity index (χ4v) is 2.62. The van der Waals surface area contributed by atoms with E-state index in [9.17, 15) is 9.90 Å².